The van der Waals surface area contributed by atoms with Gasteiger partial charge in [-0.25, -0.2) is 4.79 Å². The minimum atomic E-state index is -0.281. The summed E-state index contributed by atoms with van der Waals surface area (Å²) in [5.74, 6) is -0.0301. The van der Waals surface area contributed by atoms with Gasteiger partial charge in [0.1, 0.15) is 5.00 Å². The van der Waals surface area contributed by atoms with Crippen molar-refractivity contribution in [1.82, 2.24) is 9.80 Å². The molecule has 160 valence electrons. The molecule has 3 heterocycles. The quantitative estimate of drug-likeness (QED) is 0.567. The highest BCUT2D eigenvalue weighted by Crippen LogP contribution is 2.38. The van der Waals surface area contributed by atoms with Gasteiger partial charge in [-0.2, -0.15) is 0 Å². The third kappa shape index (κ3) is 4.22. The maximum Gasteiger partial charge on any atom is 0.341 e. The zero-order valence-electron chi connectivity index (χ0n) is 16.9. The van der Waals surface area contributed by atoms with Crippen molar-refractivity contribution in [3.8, 4) is 0 Å². The molecule has 0 saturated carbocycles. The molecular weight excluding hydrogens is 422 g/mol. The van der Waals surface area contributed by atoms with Crippen molar-refractivity contribution >= 4 is 45.5 Å². The molecule has 0 aromatic carbocycles. The summed E-state index contributed by atoms with van der Waals surface area (Å²) >= 11 is 7.25. The van der Waals surface area contributed by atoms with Crippen LogP contribution in [0.5, 0.6) is 0 Å². The summed E-state index contributed by atoms with van der Waals surface area (Å²) in [5.41, 5.74) is 1.76. The van der Waals surface area contributed by atoms with Gasteiger partial charge in [0.25, 0.3) is 5.91 Å². The lowest BCUT2D eigenvalue weighted by Crippen LogP contribution is -2.51. The van der Waals surface area contributed by atoms with E-state index < -0.39 is 0 Å². The predicted molar refractivity (Wildman–Crippen MR) is 119 cm³/mol. The number of hydrogen-bond acceptors (Lipinski definition) is 6. The number of anilines is 1. The Balaban J connectivity index is 1.43. The fourth-order valence-corrected chi connectivity index (χ4v) is 5.54. The summed E-state index contributed by atoms with van der Waals surface area (Å²) in [4.78, 5) is 30.1. The topological polar surface area (TPSA) is 75.0 Å². The van der Waals surface area contributed by atoms with Gasteiger partial charge in [0.05, 0.1) is 18.4 Å². The van der Waals surface area contributed by atoms with E-state index in [0.29, 0.717) is 49.2 Å². The van der Waals surface area contributed by atoms with Crippen LogP contribution in [0.25, 0.3) is 0 Å². The van der Waals surface area contributed by atoms with Crippen LogP contribution in [-0.4, -0.2) is 59.6 Å². The van der Waals surface area contributed by atoms with Gasteiger partial charge in [0, 0.05) is 31.1 Å². The first-order valence-electron chi connectivity index (χ1n) is 10.3. The Kier molecular flexibility index (Phi) is 6.38. The molecule has 0 radical (unpaired) electrons. The third-order valence-corrected chi connectivity index (χ3v) is 7.02. The maximum atomic E-state index is 12.6. The van der Waals surface area contributed by atoms with E-state index in [9.17, 15) is 9.59 Å². The summed E-state index contributed by atoms with van der Waals surface area (Å²) in [6, 6.07) is 3.39. The van der Waals surface area contributed by atoms with E-state index in [1.165, 1.54) is 11.1 Å². The number of rotatable bonds is 4. The van der Waals surface area contributed by atoms with E-state index in [2.05, 4.69) is 5.32 Å². The van der Waals surface area contributed by atoms with Crippen molar-refractivity contribution in [2.45, 2.75) is 32.6 Å². The second-order valence-electron chi connectivity index (χ2n) is 7.32. The molecule has 1 aliphatic carbocycles. The van der Waals surface area contributed by atoms with Crippen LogP contribution in [0.15, 0.2) is 22.8 Å². The van der Waals surface area contributed by atoms with Crippen LogP contribution in [0.2, 0.25) is 0 Å². The number of thiophene rings is 1. The lowest BCUT2D eigenvalue weighted by atomic mass is 9.95. The zero-order valence-corrected chi connectivity index (χ0v) is 18.6. The standard InChI is InChI=1S/C21H25N3O4S2/c1-2-27-20(26)17-14-6-3-4-8-16(14)30-18(17)22-21(29)24-11-9-23(10-12-24)19(25)15-7-5-13-28-15/h5,7,13H,2-4,6,8-12H2,1H3,(H,22,29). The second kappa shape index (κ2) is 9.18. The van der Waals surface area contributed by atoms with Crippen LogP contribution in [0, 0.1) is 0 Å². The largest absolute Gasteiger partial charge is 0.462 e. The molecule has 4 rings (SSSR count). The number of carbonyl (C=O) groups is 2. The van der Waals surface area contributed by atoms with Gasteiger partial charge in [0.15, 0.2) is 10.9 Å². The number of nitrogens with zero attached hydrogens (tertiary/aromatic N) is 2. The van der Waals surface area contributed by atoms with Crippen molar-refractivity contribution < 1.29 is 18.7 Å². The lowest BCUT2D eigenvalue weighted by Gasteiger charge is -2.35. The van der Waals surface area contributed by atoms with E-state index >= 15 is 0 Å². The molecule has 7 nitrogen and oxygen atoms in total. The Hall–Kier alpha value is -2.39. The molecule has 2 aromatic rings. The highest BCUT2D eigenvalue weighted by Gasteiger charge is 2.29. The first-order valence-corrected chi connectivity index (χ1v) is 11.5. The van der Waals surface area contributed by atoms with Crippen molar-refractivity contribution in [1.29, 1.82) is 0 Å². The van der Waals surface area contributed by atoms with Crippen LogP contribution in [-0.2, 0) is 17.6 Å². The van der Waals surface area contributed by atoms with E-state index in [4.69, 9.17) is 21.4 Å². The summed E-state index contributed by atoms with van der Waals surface area (Å²) in [6.45, 7) is 4.53. The monoisotopic (exact) mass is 447 g/mol. The number of piperazine rings is 1. The number of nitrogens with one attached hydrogen (secondary N) is 1. The van der Waals surface area contributed by atoms with Gasteiger partial charge in [-0.05, 0) is 62.5 Å². The Morgan fingerprint density at radius 1 is 1.20 bits per heavy atom. The normalized spacial score (nSPS) is 16.2. The van der Waals surface area contributed by atoms with Crippen molar-refractivity contribution in [3.05, 3.63) is 40.2 Å². The van der Waals surface area contributed by atoms with E-state index in [1.807, 2.05) is 11.8 Å². The predicted octanol–water partition coefficient (Wildman–Crippen LogP) is 3.55. The molecule has 1 amide bonds. The van der Waals surface area contributed by atoms with Crippen LogP contribution in [0.4, 0.5) is 5.00 Å². The van der Waals surface area contributed by atoms with E-state index in [0.717, 1.165) is 36.2 Å². The molecule has 9 heteroatoms. The van der Waals surface area contributed by atoms with Crippen LogP contribution < -0.4 is 5.32 Å². The molecule has 1 N–H and O–H groups in total. The highest BCUT2D eigenvalue weighted by atomic mass is 32.1. The number of aryl methyl sites for hydroxylation is 1. The van der Waals surface area contributed by atoms with Gasteiger partial charge >= 0.3 is 5.97 Å². The molecule has 1 aliphatic heterocycles. The molecule has 0 bridgehead atoms. The van der Waals surface area contributed by atoms with Gasteiger partial charge < -0.3 is 24.3 Å². The van der Waals surface area contributed by atoms with Crippen LogP contribution in [0.1, 0.15) is 51.1 Å². The van der Waals surface area contributed by atoms with Crippen LogP contribution >= 0.6 is 23.6 Å². The van der Waals surface area contributed by atoms with Gasteiger partial charge in [-0.1, -0.05) is 0 Å². The van der Waals surface area contributed by atoms with E-state index in [-0.39, 0.29) is 11.9 Å². The lowest BCUT2D eigenvalue weighted by molar-refractivity contribution is 0.0526. The molecule has 30 heavy (non-hydrogen) atoms. The number of thiocarbonyl (C=S) groups is 1. The summed E-state index contributed by atoms with van der Waals surface area (Å²) in [7, 11) is 0. The van der Waals surface area contributed by atoms with Gasteiger partial charge in [0.2, 0.25) is 0 Å². The second-order valence-corrected chi connectivity index (χ2v) is 8.81. The van der Waals surface area contributed by atoms with Crippen LogP contribution in [0.3, 0.4) is 0 Å². The maximum absolute atomic E-state index is 12.6. The zero-order chi connectivity index (χ0) is 21.1. The summed E-state index contributed by atoms with van der Waals surface area (Å²) in [5, 5.41) is 4.65. The van der Waals surface area contributed by atoms with Gasteiger partial charge in [-0.3, -0.25) is 4.79 Å². The summed E-state index contributed by atoms with van der Waals surface area (Å²) in [6.07, 6.45) is 5.64. The Bertz CT molecular complexity index is 930. The molecule has 2 aliphatic rings. The smallest absolute Gasteiger partial charge is 0.341 e. The number of esters is 1. The highest BCUT2D eigenvalue weighted by molar-refractivity contribution is 7.80. The fraction of sp³-hybridized carbons (Fsp3) is 0.476. The number of fused-ring (bicyclic) bond motifs is 1. The average molecular weight is 448 g/mol. The average Bonchev–Trinajstić information content (AvgIpc) is 3.41. The van der Waals surface area contributed by atoms with Gasteiger partial charge in [-0.15, -0.1) is 11.3 Å². The fourth-order valence-electron chi connectivity index (χ4n) is 3.92. The molecule has 2 aromatic heterocycles. The number of hydrogen-bond donors (Lipinski definition) is 1. The first-order chi connectivity index (χ1) is 14.6. The minimum absolute atomic E-state index is 0.103. The Morgan fingerprint density at radius 2 is 1.93 bits per heavy atom. The molecule has 1 saturated heterocycles. The summed E-state index contributed by atoms with van der Waals surface area (Å²) < 4.78 is 10.5. The molecule has 1 fully saturated rings. The third-order valence-electron chi connectivity index (χ3n) is 5.46. The number of furan rings is 1. The van der Waals surface area contributed by atoms with Crippen molar-refractivity contribution in [3.63, 3.8) is 0 Å². The minimum Gasteiger partial charge on any atom is -0.462 e. The van der Waals surface area contributed by atoms with E-state index in [1.54, 1.807) is 28.4 Å². The molecule has 0 spiro atoms. The number of ether oxygens (including phenoxy) is 1. The number of amides is 1. The number of carbonyl (C=O) groups excluding carboxylic acids is 2. The SMILES string of the molecule is CCOC(=O)c1c(NC(=S)N2CCN(C(=O)c3ccco3)CC2)sc2c1CCCC2. The van der Waals surface area contributed by atoms with Crippen molar-refractivity contribution in [2.75, 3.05) is 38.1 Å². The first kappa shape index (κ1) is 20.9. The molecule has 0 atom stereocenters. The molecular formula is C21H25N3O4S2. The Morgan fingerprint density at radius 3 is 2.63 bits per heavy atom. The van der Waals surface area contributed by atoms with Crippen molar-refractivity contribution in [2.24, 2.45) is 0 Å². The molecule has 0 unspecified atom stereocenters. The Labute approximate surface area is 185 Å².